The second-order valence-electron chi connectivity index (χ2n) is 4.03. The molecule has 2 atom stereocenters. The van der Waals surface area contributed by atoms with Gasteiger partial charge < -0.3 is 20.9 Å². The Bertz CT molecular complexity index is 549. The molecular formula is C13H15ClN2O5. The summed E-state index contributed by atoms with van der Waals surface area (Å²) >= 11 is 5.90. The summed E-state index contributed by atoms with van der Waals surface area (Å²) in [5.41, 5.74) is 5.59. The molecule has 114 valence electrons. The van der Waals surface area contributed by atoms with E-state index in [2.05, 4.69) is 10.1 Å². The van der Waals surface area contributed by atoms with Crippen LogP contribution in [0.25, 0.3) is 0 Å². The van der Waals surface area contributed by atoms with Gasteiger partial charge >= 0.3 is 11.9 Å². The minimum absolute atomic E-state index is 0.0622. The largest absolute Gasteiger partial charge is 0.479 e. The van der Waals surface area contributed by atoms with Gasteiger partial charge in [-0.2, -0.15) is 0 Å². The van der Waals surface area contributed by atoms with E-state index in [9.17, 15) is 19.5 Å². The van der Waals surface area contributed by atoms with E-state index in [1.54, 1.807) is 19.1 Å². The maximum absolute atomic E-state index is 11.8. The molecule has 0 aliphatic carbocycles. The number of rotatable bonds is 6. The highest BCUT2D eigenvalue weighted by Crippen LogP contribution is 2.22. The fourth-order valence-corrected chi connectivity index (χ4v) is 1.80. The van der Waals surface area contributed by atoms with Gasteiger partial charge in [-0.15, -0.1) is 0 Å². The number of carboxylic acids is 1. The van der Waals surface area contributed by atoms with Gasteiger partial charge in [0.2, 0.25) is 5.91 Å². The molecule has 0 bridgehead atoms. The summed E-state index contributed by atoms with van der Waals surface area (Å²) in [6.45, 7) is 1.62. The quantitative estimate of drug-likeness (QED) is 0.519. The summed E-state index contributed by atoms with van der Waals surface area (Å²) in [4.78, 5) is 34.4. The summed E-state index contributed by atoms with van der Waals surface area (Å²) in [5, 5.41) is 11.5. The summed E-state index contributed by atoms with van der Waals surface area (Å²) in [6.07, 6.45) is 0. The molecule has 7 nitrogen and oxygen atoms in total. The lowest BCUT2D eigenvalue weighted by atomic mass is 10.1. The van der Waals surface area contributed by atoms with E-state index in [-0.39, 0.29) is 17.2 Å². The maximum Gasteiger partial charge on any atom is 0.332 e. The van der Waals surface area contributed by atoms with Crippen molar-refractivity contribution in [2.75, 3.05) is 6.61 Å². The molecule has 1 unspecified atom stereocenters. The standard InChI is InChI=1S/C13H15ClN2O5/c1-2-21-13(20)9(15)11(17)16-10(12(18)19)7-5-3-4-6-8(7)14/h3-6,9-10H,2,15H2,1H3,(H,16,17)(H,18,19)/t9?,10-/m1/s1. The van der Waals surface area contributed by atoms with Crippen molar-refractivity contribution in [1.29, 1.82) is 0 Å². The zero-order valence-corrected chi connectivity index (χ0v) is 12.0. The van der Waals surface area contributed by atoms with Crippen LogP contribution >= 0.6 is 11.6 Å². The smallest absolute Gasteiger partial charge is 0.332 e. The van der Waals surface area contributed by atoms with Crippen LogP contribution in [-0.2, 0) is 19.1 Å². The van der Waals surface area contributed by atoms with E-state index < -0.39 is 29.9 Å². The molecule has 1 aromatic rings. The number of esters is 1. The Balaban J connectivity index is 2.90. The van der Waals surface area contributed by atoms with Crippen LogP contribution in [-0.4, -0.2) is 35.6 Å². The van der Waals surface area contributed by atoms with E-state index in [1.807, 2.05) is 0 Å². The third-order valence-electron chi connectivity index (χ3n) is 2.57. The number of amides is 1. The normalized spacial score (nSPS) is 13.1. The van der Waals surface area contributed by atoms with Crippen LogP contribution in [0, 0.1) is 0 Å². The Kier molecular flexibility index (Phi) is 6.13. The van der Waals surface area contributed by atoms with Crippen molar-refractivity contribution in [3.63, 3.8) is 0 Å². The van der Waals surface area contributed by atoms with Crippen molar-refractivity contribution in [3.05, 3.63) is 34.9 Å². The first kappa shape index (κ1) is 16.9. The van der Waals surface area contributed by atoms with Gasteiger partial charge in [0, 0.05) is 10.6 Å². The number of nitrogens with one attached hydrogen (secondary N) is 1. The number of ether oxygens (including phenoxy) is 1. The average Bonchev–Trinajstić information content (AvgIpc) is 2.44. The first-order valence-corrected chi connectivity index (χ1v) is 6.46. The van der Waals surface area contributed by atoms with Crippen LogP contribution < -0.4 is 11.1 Å². The average molecular weight is 315 g/mol. The van der Waals surface area contributed by atoms with E-state index in [0.29, 0.717) is 0 Å². The van der Waals surface area contributed by atoms with Crippen molar-refractivity contribution in [2.45, 2.75) is 19.0 Å². The highest BCUT2D eigenvalue weighted by Gasteiger charge is 2.30. The molecule has 8 heteroatoms. The molecule has 0 radical (unpaired) electrons. The van der Waals surface area contributed by atoms with E-state index >= 15 is 0 Å². The van der Waals surface area contributed by atoms with Gasteiger partial charge in [-0.3, -0.25) is 4.79 Å². The maximum atomic E-state index is 11.8. The lowest BCUT2D eigenvalue weighted by Gasteiger charge is -2.18. The van der Waals surface area contributed by atoms with Gasteiger partial charge in [0.1, 0.15) is 0 Å². The van der Waals surface area contributed by atoms with Crippen molar-refractivity contribution < 1.29 is 24.2 Å². The van der Waals surface area contributed by atoms with Crippen LogP contribution in [0.15, 0.2) is 24.3 Å². The third kappa shape index (κ3) is 4.44. The molecule has 0 aliphatic rings. The van der Waals surface area contributed by atoms with E-state index in [1.165, 1.54) is 12.1 Å². The molecule has 0 saturated heterocycles. The lowest BCUT2D eigenvalue weighted by Crippen LogP contribution is -2.49. The monoisotopic (exact) mass is 314 g/mol. The molecule has 1 amide bonds. The fourth-order valence-electron chi connectivity index (χ4n) is 1.55. The molecule has 4 N–H and O–H groups in total. The molecule has 0 fully saturated rings. The summed E-state index contributed by atoms with van der Waals surface area (Å²) in [6, 6.07) is 3.13. The number of carbonyl (C=O) groups is 3. The molecule has 1 aromatic carbocycles. The van der Waals surface area contributed by atoms with Crippen molar-refractivity contribution in [2.24, 2.45) is 5.73 Å². The Labute approximate surface area is 126 Å². The second kappa shape index (κ2) is 7.61. The topological polar surface area (TPSA) is 119 Å². The minimum Gasteiger partial charge on any atom is -0.479 e. The molecule has 21 heavy (non-hydrogen) atoms. The number of nitrogens with two attached hydrogens (primary N) is 1. The van der Waals surface area contributed by atoms with Gasteiger partial charge in [-0.25, -0.2) is 9.59 Å². The first-order valence-electron chi connectivity index (χ1n) is 6.08. The van der Waals surface area contributed by atoms with Gasteiger partial charge in [-0.05, 0) is 13.0 Å². The Morgan fingerprint density at radius 1 is 1.38 bits per heavy atom. The van der Waals surface area contributed by atoms with Crippen LogP contribution in [0.1, 0.15) is 18.5 Å². The van der Waals surface area contributed by atoms with E-state index in [0.717, 1.165) is 0 Å². The Morgan fingerprint density at radius 2 is 2.00 bits per heavy atom. The summed E-state index contributed by atoms with van der Waals surface area (Å²) < 4.78 is 4.60. The molecule has 0 aromatic heterocycles. The highest BCUT2D eigenvalue weighted by atomic mass is 35.5. The predicted octanol–water partition coefficient (Wildman–Crippen LogP) is 0.472. The molecule has 0 saturated carbocycles. The van der Waals surface area contributed by atoms with Crippen LogP contribution in [0.2, 0.25) is 5.02 Å². The summed E-state index contributed by atoms with van der Waals surface area (Å²) in [7, 11) is 0. The SMILES string of the molecule is CCOC(=O)C(N)C(=O)N[C@@H](C(=O)O)c1ccccc1Cl. The first-order chi connectivity index (χ1) is 9.88. The van der Waals surface area contributed by atoms with Gasteiger partial charge in [0.25, 0.3) is 0 Å². The zero-order valence-electron chi connectivity index (χ0n) is 11.2. The number of carbonyl (C=O) groups excluding carboxylic acids is 2. The van der Waals surface area contributed by atoms with Crippen molar-refractivity contribution in [3.8, 4) is 0 Å². The number of hydrogen-bond donors (Lipinski definition) is 3. The Hall–Kier alpha value is -2.12. The number of hydrogen-bond acceptors (Lipinski definition) is 5. The van der Waals surface area contributed by atoms with Gasteiger partial charge in [0.15, 0.2) is 12.1 Å². The molecular weight excluding hydrogens is 300 g/mol. The fraction of sp³-hybridized carbons (Fsp3) is 0.308. The van der Waals surface area contributed by atoms with Crippen molar-refractivity contribution >= 4 is 29.4 Å². The Morgan fingerprint density at radius 3 is 2.52 bits per heavy atom. The highest BCUT2D eigenvalue weighted by molar-refractivity contribution is 6.31. The number of halogens is 1. The lowest BCUT2D eigenvalue weighted by molar-refractivity contribution is -0.150. The second-order valence-corrected chi connectivity index (χ2v) is 4.44. The zero-order chi connectivity index (χ0) is 16.0. The molecule has 1 rings (SSSR count). The number of benzene rings is 1. The number of carboxylic acid groups (broad SMARTS) is 1. The van der Waals surface area contributed by atoms with Gasteiger partial charge in [-0.1, -0.05) is 29.8 Å². The van der Waals surface area contributed by atoms with Gasteiger partial charge in [0.05, 0.1) is 6.61 Å². The molecule has 0 spiro atoms. The van der Waals surface area contributed by atoms with Crippen molar-refractivity contribution in [1.82, 2.24) is 5.32 Å². The van der Waals surface area contributed by atoms with E-state index in [4.69, 9.17) is 17.3 Å². The summed E-state index contributed by atoms with van der Waals surface area (Å²) in [5.74, 6) is -3.22. The third-order valence-corrected chi connectivity index (χ3v) is 2.92. The predicted molar refractivity (Wildman–Crippen MR) is 74.6 cm³/mol. The van der Waals surface area contributed by atoms with Crippen LogP contribution in [0.5, 0.6) is 0 Å². The minimum atomic E-state index is -1.60. The molecule has 0 aliphatic heterocycles. The van der Waals surface area contributed by atoms with Crippen LogP contribution in [0.3, 0.4) is 0 Å². The molecule has 0 heterocycles. The number of aliphatic carboxylic acids is 1. The van der Waals surface area contributed by atoms with Crippen LogP contribution in [0.4, 0.5) is 0 Å².